The molecule has 3 rings (SSSR count). The number of methoxy groups -OCH3 is 1. The fourth-order valence-electron chi connectivity index (χ4n) is 4.15. The molecular formula is C25H27F5O2. The van der Waals surface area contributed by atoms with Crippen LogP contribution in [-0.4, -0.2) is 13.2 Å². The summed E-state index contributed by atoms with van der Waals surface area (Å²) < 4.78 is 78.5. The minimum atomic E-state index is -3.74. The molecule has 174 valence electrons. The van der Waals surface area contributed by atoms with Crippen molar-refractivity contribution in [3.63, 3.8) is 0 Å². The Labute approximate surface area is 185 Å². The van der Waals surface area contributed by atoms with Crippen molar-refractivity contribution in [3.05, 3.63) is 71.6 Å². The van der Waals surface area contributed by atoms with Gasteiger partial charge >= 0.3 is 6.11 Å². The van der Waals surface area contributed by atoms with Gasteiger partial charge in [-0.1, -0.05) is 30.3 Å². The first kappa shape index (κ1) is 24.1. The van der Waals surface area contributed by atoms with Crippen LogP contribution in [0.5, 0.6) is 11.5 Å². The van der Waals surface area contributed by atoms with Crippen molar-refractivity contribution in [2.75, 3.05) is 7.11 Å². The summed E-state index contributed by atoms with van der Waals surface area (Å²) in [5.41, 5.74) is 0.640. The van der Waals surface area contributed by atoms with E-state index in [4.69, 9.17) is 0 Å². The fraction of sp³-hybridized carbons (Fsp3) is 0.440. The Kier molecular flexibility index (Phi) is 7.80. The highest BCUT2D eigenvalue weighted by Crippen LogP contribution is 2.39. The number of alkyl halides is 4. The van der Waals surface area contributed by atoms with Crippen molar-refractivity contribution in [2.24, 2.45) is 5.92 Å². The first-order valence-corrected chi connectivity index (χ1v) is 10.7. The molecular weight excluding hydrogens is 427 g/mol. The molecule has 0 unspecified atom stereocenters. The summed E-state index contributed by atoms with van der Waals surface area (Å²) in [7, 11) is 1.10. The number of hydrogen-bond donors (Lipinski definition) is 0. The van der Waals surface area contributed by atoms with Gasteiger partial charge in [-0.2, -0.15) is 8.78 Å². The molecule has 0 atom stereocenters. The van der Waals surface area contributed by atoms with Gasteiger partial charge < -0.3 is 9.47 Å². The maximum absolute atomic E-state index is 14.4. The van der Waals surface area contributed by atoms with Gasteiger partial charge in [0.25, 0.3) is 6.43 Å². The van der Waals surface area contributed by atoms with Crippen LogP contribution in [0.4, 0.5) is 22.0 Å². The van der Waals surface area contributed by atoms with Gasteiger partial charge in [0.2, 0.25) is 0 Å². The number of halogens is 5. The molecule has 1 aliphatic rings. The smallest absolute Gasteiger partial charge is 0.398 e. The van der Waals surface area contributed by atoms with Gasteiger partial charge in [-0.15, -0.1) is 6.58 Å². The molecule has 0 bridgehead atoms. The maximum atomic E-state index is 14.4. The molecule has 2 aromatic rings. The fourth-order valence-corrected chi connectivity index (χ4v) is 4.15. The lowest BCUT2D eigenvalue weighted by molar-refractivity contribution is -0.181. The highest BCUT2D eigenvalue weighted by atomic mass is 19.3. The van der Waals surface area contributed by atoms with E-state index >= 15 is 0 Å². The van der Waals surface area contributed by atoms with E-state index in [9.17, 15) is 22.0 Å². The van der Waals surface area contributed by atoms with Crippen LogP contribution in [0, 0.1) is 11.7 Å². The van der Waals surface area contributed by atoms with Crippen molar-refractivity contribution in [3.8, 4) is 11.5 Å². The molecule has 0 amide bonds. The molecule has 2 nitrogen and oxygen atoms in total. The second-order valence-corrected chi connectivity index (χ2v) is 8.12. The van der Waals surface area contributed by atoms with E-state index in [2.05, 4.69) is 16.1 Å². The Hall–Kier alpha value is -2.57. The summed E-state index contributed by atoms with van der Waals surface area (Å²) in [4.78, 5) is 0. The number of rotatable bonds is 9. The quantitative estimate of drug-likeness (QED) is 0.284. The van der Waals surface area contributed by atoms with Gasteiger partial charge in [-0.3, -0.25) is 0 Å². The molecule has 0 spiro atoms. The third-order valence-electron chi connectivity index (χ3n) is 6.06. The van der Waals surface area contributed by atoms with E-state index < -0.39 is 41.8 Å². The second kappa shape index (κ2) is 10.4. The van der Waals surface area contributed by atoms with E-state index in [-0.39, 0.29) is 6.42 Å². The Morgan fingerprint density at radius 3 is 2.22 bits per heavy atom. The van der Waals surface area contributed by atoms with Crippen LogP contribution < -0.4 is 9.47 Å². The summed E-state index contributed by atoms with van der Waals surface area (Å²) >= 11 is 0. The van der Waals surface area contributed by atoms with Crippen LogP contribution in [-0.2, 0) is 6.42 Å². The average Bonchev–Trinajstić information content (AvgIpc) is 2.78. The lowest BCUT2D eigenvalue weighted by Crippen LogP contribution is -2.26. The molecule has 7 heteroatoms. The normalized spacial score (nSPS) is 19.1. The molecule has 0 saturated heterocycles. The van der Waals surface area contributed by atoms with E-state index in [0.717, 1.165) is 44.9 Å². The van der Waals surface area contributed by atoms with Crippen molar-refractivity contribution in [1.82, 2.24) is 0 Å². The summed E-state index contributed by atoms with van der Waals surface area (Å²) in [6, 6.07) is 9.38. The van der Waals surface area contributed by atoms with Gasteiger partial charge in [0.05, 0.1) is 19.1 Å². The van der Waals surface area contributed by atoms with E-state index in [1.54, 1.807) is 0 Å². The number of aryl methyl sites for hydroxylation is 1. The lowest BCUT2D eigenvalue weighted by Gasteiger charge is -2.27. The molecule has 0 aliphatic heterocycles. The number of ether oxygens (including phenoxy) is 2. The average molecular weight is 454 g/mol. The zero-order chi connectivity index (χ0) is 23.3. The van der Waals surface area contributed by atoms with E-state index in [0.29, 0.717) is 17.4 Å². The van der Waals surface area contributed by atoms with Crippen LogP contribution in [0.25, 0.3) is 0 Å². The monoisotopic (exact) mass is 454 g/mol. The van der Waals surface area contributed by atoms with Gasteiger partial charge in [-0.25, -0.2) is 13.2 Å². The molecule has 0 N–H and O–H groups in total. The number of hydrogen-bond acceptors (Lipinski definition) is 2. The van der Waals surface area contributed by atoms with Crippen LogP contribution in [0.1, 0.15) is 61.1 Å². The number of benzene rings is 2. The standard InChI is InChI=1S/C25H27F5O2/c1-3-16-4-8-18(9-5-16)19-10-6-17(7-11-19)14-15-25(29,30)32-20-12-13-21(31-2)23(26)22(20)24(27)28/h3,6-7,10-13,16,18,24H,1,4-5,8-9,14-15H2,2H3. The zero-order valence-electron chi connectivity index (χ0n) is 17.9. The van der Waals surface area contributed by atoms with Crippen LogP contribution in [0.3, 0.4) is 0 Å². The first-order chi connectivity index (χ1) is 15.2. The third-order valence-corrected chi connectivity index (χ3v) is 6.06. The Morgan fingerprint density at radius 2 is 1.66 bits per heavy atom. The molecule has 2 aromatic carbocycles. The van der Waals surface area contributed by atoms with Crippen molar-refractivity contribution < 1.29 is 31.4 Å². The lowest BCUT2D eigenvalue weighted by atomic mass is 9.78. The zero-order valence-corrected chi connectivity index (χ0v) is 17.9. The first-order valence-electron chi connectivity index (χ1n) is 10.7. The predicted octanol–water partition coefficient (Wildman–Crippen LogP) is 7.84. The Morgan fingerprint density at radius 1 is 1.03 bits per heavy atom. The second-order valence-electron chi connectivity index (χ2n) is 8.12. The summed E-state index contributed by atoms with van der Waals surface area (Å²) in [6.45, 7) is 3.85. The Balaban J connectivity index is 1.62. The van der Waals surface area contributed by atoms with E-state index in [1.807, 2.05) is 30.3 Å². The molecule has 0 aromatic heterocycles. The van der Waals surface area contributed by atoms with Gasteiger partial charge in [0, 0.05) is 0 Å². The van der Waals surface area contributed by atoms with E-state index in [1.165, 1.54) is 5.56 Å². The predicted molar refractivity (Wildman–Crippen MR) is 113 cm³/mol. The summed E-state index contributed by atoms with van der Waals surface area (Å²) in [6.07, 6.45) is -1.45. The minimum Gasteiger partial charge on any atom is -0.494 e. The molecule has 0 radical (unpaired) electrons. The summed E-state index contributed by atoms with van der Waals surface area (Å²) in [5, 5.41) is 0. The van der Waals surface area contributed by atoms with Crippen LogP contribution >= 0.6 is 0 Å². The minimum absolute atomic E-state index is 0.0147. The molecule has 1 aliphatic carbocycles. The van der Waals surface area contributed by atoms with Crippen molar-refractivity contribution in [2.45, 2.75) is 57.0 Å². The third kappa shape index (κ3) is 5.81. The topological polar surface area (TPSA) is 18.5 Å². The molecule has 0 heterocycles. The number of allylic oxidation sites excluding steroid dienone is 1. The van der Waals surface area contributed by atoms with Crippen molar-refractivity contribution >= 4 is 0 Å². The highest BCUT2D eigenvalue weighted by molar-refractivity contribution is 5.43. The van der Waals surface area contributed by atoms with Crippen molar-refractivity contribution in [1.29, 1.82) is 0 Å². The van der Waals surface area contributed by atoms with Gasteiger partial charge in [-0.05, 0) is 67.2 Å². The van der Waals surface area contributed by atoms with Crippen LogP contribution in [0.2, 0.25) is 0 Å². The maximum Gasteiger partial charge on any atom is 0.398 e. The van der Waals surface area contributed by atoms with Gasteiger partial charge in [0.15, 0.2) is 11.6 Å². The van der Waals surface area contributed by atoms with Gasteiger partial charge in [0.1, 0.15) is 5.75 Å². The molecule has 1 saturated carbocycles. The molecule has 1 fully saturated rings. The largest absolute Gasteiger partial charge is 0.494 e. The SMILES string of the molecule is C=CC1CCC(c2ccc(CCC(F)(F)Oc3ccc(OC)c(F)c3C(F)F)cc2)CC1. The summed E-state index contributed by atoms with van der Waals surface area (Å²) in [5.74, 6) is -1.74. The Bertz CT molecular complexity index is 903. The van der Waals surface area contributed by atoms with Crippen LogP contribution in [0.15, 0.2) is 49.1 Å². The highest BCUT2D eigenvalue weighted by Gasteiger charge is 2.34. The molecule has 32 heavy (non-hydrogen) atoms.